The Morgan fingerprint density at radius 1 is 1.23 bits per heavy atom. The Balaban J connectivity index is 1.90. The van der Waals surface area contributed by atoms with E-state index in [1.54, 1.807) is 31.2 Å². The van der Waals surface area contributed by atoms with E-state index in [1.165, 1.54) is 6.92 Å². The van der Waals surface area contributed by atoms with E-state index in [9.17, 15) is 10.0 Å². The fourth-order valence-electron chi connectivity index (χ4n) is 2.14. The van der Waals surface area contributed by atoms with E-state index in [4.69, 9.17) is 13.9 Å². The zero-order chi connectivity index (χ0) is 18.9. The smallest absolute Gasteiger partial charge is 0.290 e. The van der Waals surface area contributed by atoms with Gasteiger partial charge >= 0.3 is 0 Å². The molecular formula is C20H25NO5. The van der Waals surface area contributed by atoms with Crippen molar-refractivity contribution in [2.45, 2.75) is 39.7 Å². The summed E-state index contributed by atoms with van der Waals surface area (Å²) in [5.41, 5.74) is 0. The number of hydrogen-bond donors (Lipinski definition) is 1. The summed E-state index contributed by atoms with van der Waals surface area (Å²) < 4.78 is 16.8. The van der Waals surface area contributed by atoms with Gasteiger partial charge < -0.3 is 13.9 Å². The Kier molecular flexibility index (Phi) is 7.29. The van der Waals surface area contributed by atoms with Crippen LogP contribution in [0.25, 0.3) is 6.08 Å². The maximum absolute atomic E-state index is 11.1. The Labute approximate surface area is 153 Å². The number of furan rings is 1. The lowest BCUT2D eigenvalue weighted by atomic mass is 10.2. The van der Waals surface area contributed by atoms with E-state index in [1.807, 2.05) is 24.3 Å². The first kappa shape index (κ1) is 19.6. The average molecular weight is 359 g/mol. The molecule has 1 amide bonds. The molecule has 1 heterocycles. The van der Waals surface area contributed by atoms with E-state index in [2.05, 4.69) is 6.92 Å². The fourth-order valence-corrected chi connectivity index (χ4v) is 2.14. The number of benzene rings is 1. The van der Waals surface area contributed by atoms with Crippen molar-refractivity contribution in [3.05, 3.63) is 48.2 Å². The predicted molar refractivity (Wildman–Crippen MR) is 98.4 cm³/mol. The highest BCUT2D eigenvalue weighted by Crippen LogP contribution is 2.26. The lowest BCUT2D eigenvalue weighted by Gasteiger charge is -2.17. The number of amides is 1. The number of ether oxygens (including phenoxy) is 2. The van der Waals surface area contributed by atoms with E-state index >= 15 is 0 Å². The molecule has 0 saturated heterocycles. The number of carbonyl (C=O) groups excluding carboxylic acids is 1. The zero-order valence-corrected chi connectivity index (χ0v) is 15.3. The summed E-state index contributed by atoms with van der Waals surface area (Å²) in [7, 11) is 0. The number of hydrogen-bond acceptors (Lipinski definition) is 5. The molecule has 6 nitrogen and oxygen atoms in total. The minimum Gasteiger partial charge on any atom is -0.494 e. The highest BCUT2D eigenvalue weighted by molar-refractivity contribution is 5.72. The minimum absolute atomic E-state index is 0.351. The van der Waals surface area contributed by atoms with E-state index in [0.717, 1.165) is 18.6 Å². The van der Waals surface area contributed by atoms with Crippen molar-refractivity contribution in [2.75, 3.05) is 6.61 Å². The molecule has 6 heteroatoms. The summed E-state index contributed by atoms with van der Waals surface area (Å²) in [6.07, 6.45) is 5.46. The number of hydroxylamine groups is 2. The lowest BCUT2D eigenvalue weighted by Crippen LogP contribution is -2.32. The highest BCUT2D eigenvalue weighted by Gasteiger charge is 2.11. The molecule has 1 aromatic carbocycles. The monoisotopic (exact) mass is 359 g/mol. The lowest BCUT2D eigenvalue weighted by molar-refractivity contribution is -0.167. The molecular weight excluding hydrogens is 334 g/mol. The van der Waals surface area contributed by atoms with Crippen LogP contribution in [0.15, 0.2) is 46.9 Å². The first-order valence-electron chi connectivity index (χ1n) is 8.67. The van der Waals surface area contributed by atoms with Gasteiger partial charge in [-0.2, -0.15) is 0 Å². The molecule has 0 fully saturated rings. The Bertz CT molecular complexity index is 720. The Hall–Kier alpha value is -2.73. The molecule has 0 saturated carbocycles. The van der Waals surface area contributed by atoms with Crippen molar-refractivity contribution in [2.24, 2.45) is 0 Å². The summed E-state index contributed by atoms with van der Waals surface area (Å²) in [6, 6.07) is 10.3. The van der Waals surface area contributed by atoms with Gasteiger partial charge in [-0.1, -0.05) is 19.4 Å². The third-order valence-electron chi connectivity index (χ3n) is 3.66. The molecule has 2 rings (SSSR count). The topological polar surface area (TPSA) is 72.1 Å². The van der Waals surface area contributed by atoms with E-state index in [-0.39, 0.29) is 0 Å². The van der Waals surface area contributed by atoms with Gasteiger partial charge in [0, 0.05) is 13.0 Å². The zero-order valence-electron chi connectivity index (χ0n) is 15.3. The largest absolute Gasteiger partial charge is 0.494 e. The SMILES string of the molecule is CCCCOc1ccc(Oc2ccc(/C=C/C(C)N(O)C(C)=O)o2)cc1. The van der Waals surface area contributed by atoms with Crippen molar-refractivity contribution < 1.29 is 23.9 Å². The molecule has 0 aliphatic rings. The van der Waals surface area contributed by atoms with Crippen LogP contribution in [0.5, 0.6) is 17.4 Å². The normalized spacial score (nSPS) is 12.2. The molecule has 1 N–H and O–H groups in total. The molecule has 26 heavy (non-hydrogen) atoms. The summed E-state index contributed by atoms with van der Waals surface area (Å²) in [5.74, 6) is 1.94. The Morgan fingerprint density at radius 3 is 2.58 bits per heavy atom. The summed E-state index contributed by atoms with van der Waals surface area (Å²) in [6.45, 7) is 5.82. The van der Waals surface area contributed by atoms with Crippen LogP contribution in [0.1, 0.15) is 39.4 Å². The summed E-state index contributed by atoms with van der Waals surface area (Å²) >= 11 is 0. The molecule has 1 aromatic heterocycles. The Morgan fingerprint density at radius 2 is 1.92 bits per heavy atom. The van der Waals surface area contributed by atoms with Gasteiger partial charge in [0.05, 0.1) is 12.6 Å². The van der Waals surface area contributed by atoms with Crippen molar-refractivity contribution >= 4 is 12.0 Å². The highest BCUT2D eigenvalue weighted by atomic mass is 16.6. The molecule has 140 valence electrons. The van der Waals surface area contributed by atoms with Crippen LogP contribution in [0.4, 0.5) is 0 Å². The second-order valence-corrected chi connectivity index (χ2v) is 5.90. The standard InChI is InChI=1S/C20H25NO5/c1-4-5-14-24-17-8-10-19(11-9-17)26-20-13-12-18(25-20)7-6-15(2)21(23)16(3)22/h6-13,15,23H,4-5,14H2,1-3H3/b7-6+. The van der Waals surface area contributed by atoms with Crippen molar-refractivity contribution in [1.82, 2.24) is 5.06 Å². The van der Waals surface area contributed by atoms with Gasteiger partial charge in [0.2, 0.25) is 5.91 Å². The molecule has 0 spiro atoms. The third-order valence-corrected chi connectivity index (χ3v) is 3.66. The molecule has 0 aliphatic carbocycles. The number of unbranched alkanes of at least 4 members (excludes halogenated alkanes) is 1. The van der Waals surface area contributed by atoms with Gasteiger partial charge in [0.25, 0.3) is 5.95 Å². The maximum Gasteiger partial charge on any atom is 0.290 e. The van der Waals surface area contributed by atoms with Crippen LogP contribution >= 0.6 is 0 Å². The van der Waals surface area contributed by atoms with Crippen molar-refractivity contribution in [3.8, 4) is 17.4 Å². The average Bonchev–Trinajstić information content (AvgIpc) is 3.08. The molecule has 0 aliphatic heterocycles. The summed E-state index contributed by atoms with van der Waals surface area (Å²) in [5, 5.41) is 10.2. The fraction of sp³-hybridized carbons (Fsp3) is 0.350. The molecule has 0 bridgehead atoms. The predicted octanol–water partition coefficient (Wildman–Crippen LogP) is 4.89. The van der Waals surface area contributed by atoms with E-state index in [0.29, 0.717) is 29.1 Å². The number of nitrogens with zero attached hydrogens (tertiary/aromatic N) is 1. The van der Waals surface area contributed by atoms with Gasteiger partial charge in [-0.05, 0) is 49.8 Å². The molecule has 1 atom stereocenters. The number of rotatable bonds is 9. The second-order valence-electron chi connectivity index (χ2n) is 5.90. The molecule has 1 unspecified atom stereocenters. The minimum atomic E-state index is -0.456. The van der Waals surface area contributed by atoms with Crippen molar-refractivity contribution in [3.63, 3.8) is 0 Å². The van der Waals surface area contributed by atoms with Crippen LogP contribution in [0, 0.1) is 0 Å². The van der Waals surface area contributed by atoms with Gasteiger partial charge in [0.1, 0.15) is 17.3 Å². The van der Waals surface area contributed by atoms with Crippen molar-refractivity contribution in [1.29, 1.82) is 0 Å². The van der Waals surface area contributed by atoms with Crippen LogP contribution in [0.2, 0.25) is 0 Å². The van der Waals surface area contributed by atoms with Gasteiger partial charge in [-0.15, -0.1) is 0 Å². The first-order valence-corrected chi connectivity index (χ1v) is 8.67. The maximum atomic E-state index is 11.1. The number of carbonyl (C=O) groups is 1. The first-order chi connectivity index (χ1) is 12.5. The van der Waals surface area contributed by atoms with Gasteiger partial charge in [-0.3, -0.25) is 10.0 Å². The van der Waals surface area contributed by atoms with E-state index < -0.39 is 11.9 Å². The second kappa shape index (κ2) is 9.68. The molecule has 2 aromatic rings. The molecule has 0 radical (unpaired) electrons. The van der Waals surface area contributed by atoms with Crippen LogP contribution in [0.3, 0.4) is 0 Å². The van der Waals surface area contributed by atoms with Crippen LogP contribution in [-0.4, -0.2) is 28.8 Å². The third kappa shape index (κ3) is 5.97. The van der Waals surface area contributed by atoms with Crippen LogP contribution < -0.4 is 9.47 Å². The summed E-state index contributed by atoms with van der Waals surface area (Å²) in [4.78, 5) is 11.1. The van der Waals surface area contributed by atoms with Gasteiger partial charge in [-0.25, -0.2) is 5.06 Å². The van der Waals surface area contributed by atoms with Gasteiger partial charge in [0.15, 0.2) is 0 Å². The van der Waals surface area contributed by atoms with Crippen LogP contribution in [-0.2, 0) is 4.79 Å². The quantitative estimate of drug-likeness (QED) is 0.392.